The van der Waals surface area contributed by atoms with E-state index < -0.39 is 0 Å². The van der Waals surface area contributed by atoms with Gasteiger partial charge in [0.05, 0.1) is 5.69 Å². The molecule has 0 saturated heterocycles. The molecule has 2 N–H and O–H groups in total. The van der Waals surface area contributed by atoms with Crippen LogP contribution in [0.25, 0.3) is 16.8 Å². The van der Waals surface area contributed by atoms with Gasteiger partial charge in [0.15, 0.2) is 11.5 Å². The van der Waals surface area contributed by atoms with Gasteiger partial charge in [-0.2, -0.15) is 5.26 Å². The number of carbonyl (C=O) groups is 1. The molecule has 4 rings (SSSR count). The number of fused-ring (bicyclic) bond motifs is 1. The first-order valence-electron chi connectivity index (χ1n) is 9.29. The Morgan fingerprint density at radius 3 is 2.73 bits per heavy atom. The summed E-state index contributed by atoms with van der Waals surface area (Å²) in [6.07, 6.45) is 2.05. The molecule has 1 aromatic heterocycles. The van der Waals surface area contributed by atoms with Crippen molar-refractivity contribution in [1.82, 2.24) is 4.98 Å². The molecular formula is C22H18N4O3S. The Bertz CT molecular complexity index is 1150. The third kappa shape index (κ3) is 4.26. The zero-order chi connectivity index (χ0) is 20.9. The molecule has 0 bridgehead atoms. The lowest BCUT2D eigenvalue weighted by Gasteiger charge is -2.05. The maximum absolute atomic E-state index is 11.4. The van der Waals surface area contributed by atoms with Crippen LogP contribution in [-0.2, 0) is 4.79 Å². The molecule has 0 radical (unpaired) electrons. The number of hydrogen-bond donors (Lipinski definition) is 2. The molecule has 2 heterocycles. The number of rotatable bonds is 6. The van der Waals surface area contributed by atoms with E-state index in [4.69, 9.17) is 9.47 Å². The molecular weight excluding hydrogens is 400 g/mol. The van der Waals surface area contributed by atoms with Crippen LogP contribution < -0.4 is 20.1 Å². The molecule has 0 saturated carbocycles. The SMILES string of the molecule is CCC(=O)Nc1ccc(N/C=C(\C#N)c2nc(-c3ccc4c(c3)OCO4)cs2)cc1. The molecule has 1 aliphatic rings. The fourth-order valence-electron chi connectivity index (χ4n) is 2.78. The summed E-state index contributed by atoms with van der Waals surface area (Å²) in [6.45, 7) is 2.02. The third-order valence-electron chi connectivity index (χ3n) is 4.40. The maximum atomic E-state index is 11.4. The minimum Gasteiger partial charge on any atom is -0.454 e. The molecule has 30 heavy (non-hydrogen) atoms. The number of carbonyl (C=O) groups excluding carboxylic acids is 1. The zero-order valence-electron chi connectivity index (χ0n) is 16.1. The minimum absolute atomic E-state index is 0.0376. The Morgan fingerprint density at radius 1 is 1.20 bits per heavy atom. The predicted octanol–water partition coefficient (Wildman–Crippen LogP) is 4.86. The Kier molecular flexibility index (Phi) is 5.63. The monoisotopic (exact) mass is 418 g/mol. The van der Waals surface area contributed by atoms with E-state index in [1.807, 2.05) is 35.7 Å². The zero-order valence-corrected chi connectivity index (χ0v) is 17.0. The largest absolute Gasteiger partial charge is 0.454 e. The normalized spacial score (nSPS) is 12.3. The van der Waals surface area contributed by atoms with E-state index >= 15 is 0 Å². The number of ether oxygens (including phenoxy) is 2. The van der Waals surface area contributed by atoms with Gasteiger partial charge in [-0.15, -0.1) is 11.3 Å². The molecule has 8 heteroatoms. The third-order valence-corrected chi connectivity index (χ3v) is 5.27. The van der Waals surface area contributed by atoms with Gasteiger partial charge < -0.3 is 20.1 Å². The van der Waals surface area contributed by atoms with E-state index in [-0.39, 0.29) is 12.7 Å². The molecule has 0 aliphatic carbocycles. The fourth-order valence-corrected chi connectivity index (χ4v) is 3.58. The highest BCUT2D eigenvalue weighted by molar-refractivity contribution is 7.11. The number of nitrogens with zero attached hydrogens (tertiary/aromatic N) is 2. The average Bonchev–Trinajstić information content (AvgIpc) is 3.44. The first kappa shape index (κ1) is 19.5. The quantitative estimate of drug-likeness (QED) is 0.555. The van der Waals surface area contributed by atoms with Gasteiger partial charge in [0.25, 0.3) is 0 Å². The van der Waals surface area contributed by atoms with Crippen molar-refractivity contribution in [3.8, 4) is 28.8 Å². The number of hydrogen-bond acceptors (Lipinski definition) is 7. The van der Waals surface area contributed by atoms with Crippen LogP contribution in [0.1, 0.15) is 18.4 Å². The summed E-state index contributed by atoms with van der Waals surface area (Å²) in [4.78, 5) is 16.0. The maximum Gasteiger partial charge on any atom is 0.231 e. The lowest BCUT2D eigenvalue weighted by Crippen LogP contribution is -2.09. The number of anilines is 2. The highest BCUT2D eigenvalue weighted by Gasteiger charge is 2.16. The Hall–Kier alpha value is -3.83. The van der Waals surface area contributed by atoms with Crippen LogP contribution >= 0.6 is 11.3 Å². The number of amides is 1. The second kappa shape index (κ2) is 8.68. The van der Waals surface area contributed by atoms with Crippen molar-refractivity contribution in [3.63, 3.8) is 0 Å². The number of nitrogens with one attached hydrogen (secondary N) is 2. The van der Waals surface area contributed by atoms with Gasteiger partial charge in [-0.05, 0) is 42.5 Å². The van der Waals surface area contributed by atoms with Crippen LogP contribution in [0.2, 0.25) is 0 Å². The van der Waals surface area contributed by atoms with E-state index in [1.54, 1.807) is 25.3 Å². The molecule has 0 atom stereocenters. The van der Waals surface area contributed by atoms with Crippen LogP contribution in [0.15, 0.2) is 54.0 Å². The summed E-state index contributed by atoms with van der Waals surface area (Å²) in [5, 5.41) is 18.0. The van der Waals surface area contributed by atoms with Gasteiger partial charge in [0.1, 0.15) is 16.6 Å². The van der Waals surface area contributed by atoms with Crippen LogP contribution in [0, 0.1) is 11.3 Å². The standard InChI is InChI=1S/C22H18N4O3S/c1-2-21(27)25-17-6-4-16(5-7-17)24-11-15(10-23)22-26-18(12-30-22)14-3-8-19-20(9-14)29-13-28-19/h3-9,11-12,24H,2,13H2,1H3,(H,25,27)/b15-11+. The molecule has 7 nitrogen and oxygen atoms in total. The summed E-state index contributed by atoms with van der Waals surface area (Å²) in [5.74, 6) is 1.37. The lowest BCUT2D eigenvalue weighted by molar-refractivity contribution is -0.115. The Labute approximate surface area is 177 Å². The van der Waals surface area contributed by atoms with Gasteiger partial charge in [-0.1, -0.05) is 6.92 Å². The summed E-state index contributed by atoms with van der Waals surface area (Å²) < 4.78 is 10.8. The van der Waals surface area contributed by atoms with Gasteiger partial charge in [-0.25, -0.2) is 4.98 Å². The topological polar surface area (TPSA) is 96.3 Å². The van der Waals surface area contributed by atoms with Gasteiger partial charge in [0.2, 0.25) is 12.7 Å². The van der Waals surface area contributed by atoms with Crippen LogP contribution in [0.3, 0.4) is 0 Å². The van der Waals surface area contributed by atoms with Gasteiger partial charge in [-0.3, -0.25) is 4.79 Å². The first-order valence-corrected chi connectivity index (χ1v) is 10.2. The van der Waals surface area contributed by atoms with E-state index in [0.717, 1.165) is 28.4 Å². The lowest BCUT2D eigenvalue weighted by atomic mass is 10.1. The van der Waals surface area contributed by atoms with Crippen LogP contribution in [0.4, 0.5) is 11.4 Å². The second-order valence-electron chi connectivity index (χ2n) is 6.40. The Morgan fingerprint density at radius 2 is 1.97 bits per heavy atom. The van der Waals surface area contributed by atoms with Crippen molar-refractivity contribution in [1.29, 1.82) is 5.26 Å². The van der Waals surface area contributed by atoms with E-state index in [2.05, 4.69) is 21.7 Å². The molecule has 2 aromatic carbocycles. The van der Waals surface area contributed by atoms with E-state index in [1.165, 1.54) is 11.3 Å². The van der Waals surface area contributed by atoms with Crippen molar-refractivity contribution in [3.05, 3.63) is 59.1 Å². The number of allylic oxidation sites excluding steroid dienone is 1. The first-order chi connectivity index (χ1) is 14.7. The molecule has 0 fully saturated rings. The summed E-state index contributed by atoms with van der Waals surface area (Å²) >= 11 is 1.40. The van der Waals surface area contributed by atoms with E-state index in [0.29, 0.717) is 22.8 Å². The molecule has 3 aromatic rings. The molecule has 0 spiro atoms. The number of benzene rings is 2. The number of nitriles is 1. The van der Waals surface area contributed by atoms with Crippen LogP contribution in [0.5, 0.6) is 11.5 Å². The highest BCUT2D eigenvalue weighted by Crippen LogP contribution is 2.36. The van der Waals surface area contributed by atoms with Crippen molar-refractivity contribution in [2.24, 2.45) is 0 Å². The Balaban J connectivity index is 1.47. The minimum atomic E-state index is -0.0376. The second-order valence-corrected chi connectivity index (χ2v) is 7.26. The van der Waals surface area contributed by atoms with E-state index in [9.17, 15) is 10.1 Å². The molecule has 0 unspecified atom stereocenters. The van der Waals surface area contributed by atoms with Crippen molar-refractivity contribution in [2.75, 3.05) is 17.4 Å². The van der Waals surface area contributed by atoms with Crippen molar-refractivity contribution in [2.45, 2.75) is 13.3 Å². The summed E-state index contributed by atoms with van der Waals surface area (Å²) in [5.41, 5.74) is 3.62. The highest BCUT2D eigenvalue weighted by atomic mass is 32.1. The molecule has 150 valence electrons. The number of aromatic nitrogens is 1. The summed E-state index contributed by atoms with van der Waals surface area (Å²) in [6, 6.07) is 15.1. The van der Waals surface area contributed by atoms with Gasteiger partial charge in [0, 0.05) is 34.9 Å². The average molecular weight is 418 g/mol. The van der Waals surface area contributed by atoms with Crippen molar-refractivity contribution >= 4 is 34.2 Å². The molecule has 1 aliphatic heterocycles. The summed E-state index contributed by atoms with van der Waals surface area (Å²) in [7, 11) is 0. The predicted molar refractivity (Wildman–Crippen MR) is 116 cm³/mol. The van der Waals surface area contributed by atoms with Gasteiger partial charge >= 0.3 is 0 Å². The van der Waals surface area contributed by atoms with Crippen molar-refractivity contribution < 1.29 is 14.3 Å². The smallest absolute Gasteiger partial charge is 0.231 e. The fraction of sp³-hybridized carbons (Fsp3) is 0.136. The number of thiazole rings is 1. The van der Waals surface area contributed by atoms with Crippen LogP contribution in [-0.4, -0.2) is 17.7 Å². The molecule has 1 amide bonds.